The van der Waals surface area contributed by atoms with Crippen molar-refractivity contribution in [2.75, 3.05) is 6.61 Å². The monoisotopic (exact) mass is 245 g/mol. The molecule has 9 heteroatoms. The molecule has 0 bridgehead atoms. The molecule has 0 aliphatic carbocycles. The van der Waals surface area contributed by atoms with E-state index >= 15 is 0 Å². The molecule has 1 aliphatic rings. The molecule has 2 rings (SSSR count). The molecule has 9 nitrogen and oxygen atoms in total. The van der Waals surface area contributed by atoms with Gasteiger partial charge in [-0.2, -0.15) is 4.57 Å². The van der Waals surface area contributed by atoms with E-state index < -0.39 is 35.4 Å². The summed E-state index contributed by atoms with van der Waals surface area (Å²) in [4.78, 5) is 13.4. The van der Waals surface area contributed by atoms with Crippen LogP contribution >= 0.6 is 0 Å². The third-order valence-electron chi connectivity index (χ3n) is 2.56. The van der Waals surface area contributed by atoms with Crippen LogP contribution in [0.5, 0.6) is 0 Å². The highest BCUT2D eigenvalue weighted by Gasteiger charge is 2.42. The minimum absolute atomic E-state index is 0.224. The first kappa shape index (κ1) is 11.9. The Balaban J connectivity index is 2.28. The highest BCUT2D eigenvalue weighted by atomic mass is 16.6. The van der Waals surface area contributed by atoms with E-state index in [1.165, 1.54) is 12.4 Å². The fourth-order valence-corrected chi connectivity index (χ4v) is 1.68. The Bertz CT molecular complexity index is 421. The fourth-order valence-electron chi connectivity index (χ4n) is 1.68. The lowest BCUT2D eigenvalue weighted by atomic mass is 10.0. The molecule has 1 aromatic rings. The lowest BCUT2D eigenvalue weighted by molar-refractivity contribution is -0.400. The Kier molecular flexibility index (Phi) is 3.07. The maximum atomic E-state index is 10.7. The number of hydrogen-bond acceptors (Lipinski definition) is 7. The van der Waals surface area contributed by atoms with Crippen molar-refractivity contribution in [2.24, 2.45) is 0 Å². The zero-order valence-corrected chi connectivity index (χ0v) is 8.58. The fraction of sp³-hybridized carbons (Fsp3) is 0.625. The van der Waals surface area contributed by atoms with Crippen LogP contribution in [-0.2, 0) is 4.74 Å². The predicted molar refractivity (Wildman–Crippen MR) is 51.9 cm³/mol. The first-order chi connectivity index (χ1) is 8.02. The van der Waals surface area contributed by atoms with E-state index in [0.29, 0.717) is 0 Å². The smallest absolute Gasteiger partial charge is 0.390 e. The van der Waals surface area contributed by atoms with E-state index in [9.17, 15) is 25.4 Å². The van der Waals surface area contributed by atoms with Crippen molar-refractivity contribution >= 4 is 5.95 Å². The van der Waals surface area contributed by atoms with Gasteiger partial charge in [-0.1, -0.05) is 4.98 Å². The van der Waals surface area contributed by atoms with Crippen molar-refractivity contribution in [3.05, 3.63) is 22.5 Å². The quantitative estimate of drug-likeness (QED) is 0.422. The summed E-state index contributed by atoms with van der Waals surface area (Å²) >= 11 is 0. The molecule has 1 aromatic heterocycles. The first-order valence-corrected chi connectivity index (χ1v) is 4.85. The summed E-state index contributed by atoms with van der Waals surface area (Å²) in [6, 6.07) is 0. The van der Waals surface area contributed by atoms with E-state index in [-0.39, 0.29) is 6.61 Å². The van der Waals surface area contributed by atoms with Crippen molar-refractivity contribution < 1.29 is 25.0 Å². The molecule has 0 aromatic carbocycles. The van der Waals surface area contributed by atoms with Gasteiger partial charge in [0.25, 0.3) is 0 Å². The molecule has 0 saturated carbocycles. The van der Waals surface area contributed by atoms with Gasteiger partial charge in [-0.15, -0.1) is 0 Å². The summed E-state index contributed by atoms with van der Waals surface area (Å²) < 4.78 is 6.07. The second-order valence-corrected chi connectivity index (χ2v) is 3.66. The molecule has 0 spiro atoms. The number of nitro groups is 1. The number of aliphatic hydroxyl groups excluding tert-OH is 3. The van der Waals surface area contributed by atoms with Crippen LogP contribution in [0.25, 0.3) is 0 Å². The molecule has 0 unspecified atom stereocenters. The zero-order chi connectivity index (χ0) is 12.6. The molecule has 4 atom stereocenters. The lowest BCUT2D eigenvalue weighted by Gasteiger charge is -2.33. The Hall–Kier alpha value is -1.55. The predicted octanol–water partition coefficient (Wildman–Crippen LogP) is -1.60. The van der Waals surface area contributed by atoms with E-state index in [1.54, 1.807) is 0 Å². The molecular weight excluding hydrogens is 234 g/mol. The van der Waals surface area contributed by atoms with Crippen LogP contribution in [0.15, 0.2) is 12.4 Å². The average Bonchev–Trinajstić information content (AvgIpc) is 2.75. The van der Waals surface area contributed by atoms with Gasteiger partial charge in [0.05, 0.1) is 6.61 Å². The number of ether oxygens (including phenoxy) is 1. The van der Waals surface area contributed by atoms with Gasteiger partial charge in [0, 0.05) is 0 Å². The van der Waals surface area contributed by atoms with Crippen LogP contribution in [0.2, 0.25) is 0 Å². The van der Waals surface area contributed by atoms with E-state index in [4.69, 9.17) is 4.74 Å². The van der Waals surface area contributed by atoms with Crippen LogP contribution in [0.1, 0.15) is 6.23 Å². The van der Waals surface area contributed by atoms with Crippen LogP contribution < -0.4 is 0 Å². The van der Waals surface area contributed by atoms with E-state index in [1.807, 2.05) is 0 Å². The van der Waals surface area contributed by atoms with Crippen molar-refractivity contribution in [3.8, 4) is 0 Å². The van der Waals surface area contributed by atoms with Gasteiger partial charge in [0.15, 0.2) is 0 Å². The van der Waals surface area contributed by atoms with Crippen molar-refractivity contribution in [3.63, 3.8) is 0 Å². The van der Waals surface area contributed by atoms with Crippen molar-refractivity contribution in [1.82, 2.24) is 9.55 Å². The van der Waals surface area contributed by atoms with Crippen molar-refractivity contribution in [2.45, 2.75) is 24.5 Å². The van der Waals surface area contributed by atoms with E-state index in [0.717, 1.165) is 4.57 Å². The molecule has 1 aliphatic heterocycles. The Morgan fingerprint density at radius 2 is 2.18 bits per heavy atom. The molecule has 3 N–H and O–H groups in total. The summed E-state index contributed by atoms with van der Waals surface area (Å²) in [5.74, 6) is -0.502. The van der Waals surface area contributed by atoms with Crippen LogP contribution in [0.4, 0.5) is 5.95 Å². The largest absolute Gasteiger partial charge is 0.436 e. The van der Waals surface area contributed by atoms with Gasteiger partial charge in [0.1, 0.15) is 30.7 Å². The first-order valence-electron chi connectivity index (χ1n) is 4.85. The highest BCUT2D eigenvalue weighted by Crippen LogP contribution is 2.27. The van der Waals surface area contributed by atoms with Crippen LogP contribution in [-0.4, -0.2) is 54.7 Å². The number of imidazole rings is 1. The Labute approximate surface area is 95.0 Å². The second kappa shape index (κ2) is 4.37. The van der Waals surface area contributed by atoms with Gasteiger partial charge in [-0.25, -0.2) is 0 Å². The molecule has 0 amide bonds. The van der Waals surface area contributed by atoms with Crippen LogP contribution in [0, 0.1) is 10.1 Å². The average molecular weight is 245 g/mol. The van der Waals surface area contributed by atoms with Gasteiger partial charge < -0.3 is 30.2 Å². The number of nitrogens with zero attached hydrogens (tertiary/aromatic N) is 3. The maximum Gasteiger partial charge on any atom is 0.436 e. The normalized spacial score (nSPS) is 33.6. The SMILES string of the molecule is O=[N+]([O-])c1nccn1[C@@H]1OC[C@H](O)[C@H](O)[C@H]1O. The van der Waals surface area contributed by atoms with Gasteiger partial charge in [-0.05, 0) is 4.92 Å². The second-order valence-electron chi connectivity index (χ2n) is 3.66. The summed E-state index contributed by atoms with van der Waals surface area (Å²) in [7, 11) is 0. The van der Waals surface area contributed by atoms with Crippen molar-refractivity contribution in [1.29, 1.82) is 0 Å². The Morgan fingerprint density at radius 1 is 1.47 bits per heavy atom. The highest BCUT2D eigenvalue weighted by molar-refractivity contribution is 5.09. The van der Waals surface area contributed by atoms with Gasteiger partial charge in [0.2, 0.25) is 6.23 Å². The van der Waals surface area contributed by atoms with E-state index in [2.05, 4.69) is 4.98 Å². The summed E-state index contributed by atoms with van der Waals surface area (Å²) in [6.07, 6.45) is -2.80. The maximum absolute atomic E-state index is 10.7. The molecule has 94 valence electrons. The minimum atomic E-state index is -1.47. The molecular formula is C8H11N3O6. The lowest BCUT2D eigenvalue weighted by Crippen LogP contribution is -2.50. The Morgan fingerprint density at radius 3 is 2.82 bits per heavy atom. The van der Waals surface area contributed by atoms with Gasteiger partial charge >= 0.3 is 5.95 Å². The third-order valence-corrected chi connectivity index (χ3v) is 2.56. The van der Waals surface area contributed by atoms with Gasteiger partial charge in [-0.3, -0.25) is 0 Å². The molecule has 1 saturated heterocycles. The minimum Gasteiger partial charge on any atom is -0.390 e. The molecule has 2 heterocycles. The zero-order valence-electron chi connectivity index (χ0n) is 8.58. The molecule has 17 heavy (non-hydrogen) atoms. The van der Waals surface area contributed by atoms with Crippen LogP contribution in [0.3, 0.4) is 0 Å². The number of rotatable bonds is 2. The molecule has 1 fully saturated rings. The molecule has 0 radical (unpaired) electrons. The topological polar surface area (TPSA) is 131 Å². The summed E-state index contributed by atoms with van der Waals surface area (Å²) in [5, 5.41) is 39.0. The summed E-state index contributed by atoms with van der Waals surface area (Å²) in [5.41, 5.74) is 0. The number of hydrogen-bond donors (Lipinski definition) is 3. The summed E-state index contributed by atoms with van der Waals surface area (Å²) in [6.45, 7) is -0.224. The third kappa shape index (κ3) is 2.00. The standard InChI is InChI=1S/C8H11N3O6/c12-4-3-17-7(6(14)5(4)13)10-2-1-9-8(10)11(15)16/h1-2,4-7,12-14H,3H2/t4-,5-,6+,7+/m0/s1. The number of aromatic nitrogens is 2. The number of aliphatic hydroxyl groups is 3.